The van der Waals surface area contributed by atoms with Gasteiger partial charge in [0.25, 0.3) is 5.91 Å². The molecule has 8 nitrogen and oxygen atoms in total. The lowest BCUT2D eigenvalue weighted by atomic mass is 10.3. The zero-order chi connectivity index (χ0) is 14.4. The minimum absolute atomic E-state index is 0.281. The second-order valence-corrected chi connectivity index (χ2v) is 3.87. The summed E-state index contributed by atoms with van der Waals surface area (Å²) < 4.78 is 10.3. The van der Waals surface area contributed by atoms with Gasteiger partial charge in [0, 0.05) is 25.1 Å². The van der Waals surface area contributed by atoms with Crippen molar-refractivity contribution in [1.29, 1.82) is 0 Å². The molecule has 20 heavy (non-hydrogen) atoms. The molecule has 8 heteroatoms. The molecule has 106 valence electrons. The number of nitrogens with zero attached hydrogens (tertiary/aromatic N) is 2. The number of amides is 1. The molecule has 2 heterocycles. The SMILES string of the molecule is COCCOc1cc(Nc2[nH]ncc2C(N)=O)ccn1. The van der Waals surface area contributed by atoms with Crippen molar-refractivity contribution in [1.82, 2.24) is 15.2 Å². The topological polar surface area (TPSA) is 115 Å². The Balaban J connectivity index is 2.07. The summed E-state index contributed by atoms with van der Waals surface area (Å²) >= 11 is 0. The monoisotopic (exact) mass is 277 g/mol. The largest absolute Gasteiger partial charge is 0.475 e. The zero-order valence-electron chi connectivity index (χ0n) is 10.9. The van der Waals surface area contributed by atoms with Gasteiger partial charge in [-0.05, 0) is 6.07 Å². The van der Waals surface area contributed by atoms with Crippen molar-refractivity contribution in [3.8, 4) is 5.88 Å². The molecule has 0 aliphatic carbocycles. The minimum atomic E-state index is -0.563. The number of anilines is 2. The first-order valence-electron chi connectivity index (χ1n) is 5.88. The van der Waals surface area contributed by atoms with E-state index in [9.17, 15) is 4.79 Å². The number of aromatic amines is 1. The fraction of sp³-hybridized carbons (Fsp3) is 0.250. The number of ether oxygens (including phenoxy) is 2. The maximum Gasteiger partial charge on any atom is 0.254 e. The van der Waals surface area contributed by atoms with Gasteiger partial charge in [0.2, 0.25) is 5.88 Å². The van der Waals surface area contributed by atoms with Gasteiger partial charge in [-0.15, -0.1) is 0 Å². The van der Waals surface area contributed by atoms with E-state index >= 15 is 0 Å². The molecule has 4 N–H and O–H groups in total. The number of pyridine rings is 1. The third kappa shape index (κ3) is 3.45. The molecule has 2 aromatic heterocycles. The van der Waals surface area contributed by atoms with Gasteiger partial charge in [-0.2, -0.15) is 5.10 Å². The lowest BCUT2D eigenvalue weighted by molar-refractivity contribution is 0.100. The first kappa shape index (κ1) is 13.8. The van der Waals surface area contributed by atoms with Crippen LogP contribution in [0.3, 0.4) is 0 Å². The van der Waals surface area contributed by atoms with Crippen LogP contribution in [0.1, 0.15) is 10.4 Å². The molecule has 0 fully saturated rings. The normalized spacial score (nSPS) is 10.2. The molecule has 0 radical (unpaired) electrons. The Morgan fingerprint density at radius 2 is 2.35 bits per heavy atom. The summed E-state index contributed by atoms with van der Waals surface area (Å²) in [6.07, 6.45) is 2.95. The summed E-state index contributed by atoms with van der Waals surface area (Å²) in [6, 6.07) is 3.43. The highest BCUT2D eigenvalue weighted by atomic mass is 16.5. The van der Waals surface area contributed by atoms with Crippen molar-refractivity contribution in [3.05, 3.63) is 30.1 Å². The Labute approximate surface area is 115 Å². The van der Waals surface area contributed by atoms with Gasteiger partial charge >= 0.3 is 0 Å². The highest BCUT2D eigenvalue weighted by Crippen LogP contribution is 2.20. The number of rotatable bonds is 7. The van der Waals surface area contributed by atoms with Gasteiger partial charge in [0.05, 0.1) is 12.8 Å². The average Bonchev–Trinajstić information content (AvgIpc) is 2.88. The Bertz CT molecular complexity index is 584. The summed E-state index contributed by atoms with van der Waals surface area (Å²) in [5, 5.41) is 9.43. The van der Waals surface area contributed by atoms with Crippen LogP contribution in [-0.4, -0.2) is 41.4 Å². The molecule has 0 atom stereocenters. The van der Waals surface area contributed by atoms with Gasteiger partial charge in [0.15, 0.2) is 0 Å². The van der Waals surface area contributed by atoms with Gasteiger partial charge < -0.3 is 20.5 Å². The molecule has 2 rings (SSSR count). The van der Waals surface area contributed by atoms with E-state index in [2.05, 4.69) is 20.5 Å². The lowest BCUT2D eigenvalue weighted by Gasteiger charge is -2.08. The second-order valence-electron chi connectivity index (χ2n) is 3.87. The van der Waals surface area contributed by atoms with E-state index in [0.29, 0.717) is 30.6 Å². The number of carbonyl (C=O) groups is 1. The second kappa shape index (κ2) is 6.53. The van der Waals surface area contributed by atoms with Crippen LogP contribution in [0.5, 0.6) is 5.88 Å². The first-order valence-corrected chi connectivity index (χ1v) is 5.88. The molecule has 0 spiro atoms. The van der Waals surface area contributed by atoms with Crippen molar-refractivity contribution in [2.45, 2.75) is 0 Å². The van der Waals surface area contributed by atoms with Crippen molar-refractivity contribution in [3.63, 3.8) is 0 Å². The van der Waals surface area contributed by atoms with Crippen LogP contribution < -0.4 is 15.8 Å². The predicted molar refractivity (Wildman–Crippen MR) is 72.0 cm³/mol. The van der Waals surface area contributed by atoms with Crippen LogP contribution in [0, 0.1) is 0 Å². The first-order chi connectivity index (χ1) is 9.70. The van der Waals surface area contributed by atoms with Gasteiger partial charge in [-0.3, -0.25) is 9.89 Å². The number of hydrogen-bond donors (Lipinski definition) is 3. The standard InChI is InChI=1S/C12H15N5O3/c1-19-4-5-20-10-6-8(2-3-14-10)16-12-9(11(13)18)7-15-17-12/h2-3,6-7H,4-5H2,1H3,(H2,13,18)(H2,14,15,16,17). The highest BCUT2D eigenvalue weighted by Gasteiger charge is 2.10. The molecule has 1 amide bonds. The Morgan fingerprint density at radius 1 is 1.50 bits per heavy atom. The van der Waals surface area contributed by atoms with Crippen LogP contribution in [0.25, 0.3) is 0 Å². The Hall–Kier alpha value is -2.61. The zero-order valence-corrected chi connectivity index (χ0v) is 10.9. The molecule has 2 aromatic rings. The molecule has 0 unspecified atom stereocenters. The highest BCUT2D eigenvalue weighted by molar-refractivity contribution is 5.97. The fourth-order valence-electron chi connectivity index (χ4n) is 1.51. The fourth-order valence-corrected chi connectivity index (χ4v) is 1.51. The van der Waals surface area contributed by atoms with Gasteiger partial charge in [-0.1, -0.05) is 0 Å². The van der Waals surface area contributed by atoms with E-state index in [4.69, 9.17) is 15.2 Å². The van der Waals surface area contributed by atoms with E-state index in [-0.39, 0.29) is 5.56 Å². The maximum atomic E-state index is 11.2. The van der Waals surface area contributed by atoms with Crippen molar-refractivity contribution in [2.24, 2.45) is 5.73 Å². The Morgan fingerprint density at radius 3 is 3.10 bits per heavy atom. The summed E-state index contributed by atoms with van der Waals surface area (Å²) in [5.74, 6) is 0.311. The molecule has 0 aliphatic heterocycles. The van der Waals surface area contributed by atoms with E-state index < -0.39 is 5.91 Å². The van der Waals surface area contributed by atoms with Crippen LogP contribution in [0.15, 0.2) is 24.5 Å². The quantitative estimate of drug-likeness (QED) is 0.641. The summed E-state index contributed by atoms with van der Waals surface area (Å²) in [7, 11) is 1.60. The van der Waals surface area contributed by atoms with E-state index in [0.717, 1.165) is 0 Å². The lowest BCUT2D eigenvalue weighted by Crippen LogP contribution is -2.12. The molecule has 0 saturated heterocycles. The number of primary amides is 1. The number of hydrogen-bond acceptors (Lipinski definition) is 6. The van der Waals surface area contributed by atoms with E-state index in [1.807, 2.05) is 0 Å². The summed E-state index contributed by atoms with van der Waals surface area (Å²) in [6.45, 7) is 0.884. The number of nitrogens with two attached hydrogens (primary N) is 1. The van der Waals surface area contributed by atoms with Gasteiger partial charge in [0.1, 0.15) is 18.0 Å². The smallest absolute Gasteiger partial charge is 0.254 e. The summed E-state index contributed by atoms with van der Waals surface area (Å²) in [5.41, 5.74) is 6.21. The number of methoxy groups -OCH3 is 1. The Kier molecular flexibility index (Phi) is 4.51. The van der Waals surface area contributed by atoms with Crippen molar-refractivity contribution in [2.75, 3.05) is 25.6 Å². The maximum absolute atomic E-state index is 11.2. The minimum Gasteiger partial charge on any atom is -0.475 e. The average molecular weight is 277 g/mol. The predicted octanol–water partition coefficient (Wildman–Crippen LogP) is 0.672. The summed E-state index contributed by atoms with van der Waals surface area (Å²) in [4.78, 5) is 15.2. The van der Waals surface area contributed by atoms with E-state index in [1.165, 1.54) is 6.20 Å². The number of nitrogens with one attached hydrogen (secondary N) is 2. The molecule has 0 saturated carbocycles. The number of carbonyl (C=O) groups excluding carboxylic acids is 1. The van der Waals surface area contributed by atoms with Crippen LogP contribution in [-0.2, 0) is 4.74 Å². The van der Waals surface area contributed by atoms with Crippen molar-refractivity contribution >= 4 is 17.4 Å². The van der Waals surface area contributed by atoms with Crippen LogP contribution >= 0.6 is 0 Å². The van der Waals surface area contributed by atoms with Crippen LogP contribution in [0.2, 0.25) is 0 Å². The molecular weight excluding hydrogens is 262 g/mol. The van der Waals surface area contributed by atoms with Gasteiger partial charge in [-0.25, -0.2) is 4.98 Å². The third-order valence-corrected chi connectivity index (χ3v) is 2.45. The molecule has 0 aliphatic rings. The van der Waals surface area contributed by atoms with Crippen molar-refractivity contribution < 1.29 is 14.3 Å². The molecule has 0 aromatic carbocycles. The van der Waals surface area contributed by atoms with E-state index in [1.54, 1.807) is 25.4 Å². The van der Waals surface area contributed by atoms with Crippen LogP contribution in [0.4, 0.5) is 11.5 Å². The molecule has 0 bridgehead atoms. The number of H-pyrrole nitrogens is 1. The molecular formula is C12H15N5O3. The number of aromatic nitrogens is 3. The third-order valence-electron chi connectivity index (χ3n) is 2.45.